The third-order valence-corrected chi connectivity index (χ3v) is 7.10. The van der Waals surface area contributed by atoms with Gasteiger partial charge in [-0.1, -0.05) is 49.2 Å². The number of rotatable bonds is 5. The van der Waals surface area contributed by atoms with E-state index >= 15 is 0 Å². The Labute approximate surface area is 190 Å². The summed E-state index contributed by atoms with van der Waals surface area (Å²) >= 11 is 13.7. The first-order chi connectivity index (χ1) is 14.2. The van der Waals surface area contributed by atoms with Crippen LogP contribution < -0.4 is 5.32 Å². The number of amides is 2. The van der Waals surface area contributed by atoms with Crippen molar-refractivity contribution in [3.05, 3.63) is 69.5 Å². The quantitative estimate of drug-likeness (QED) is 0.625. The van der Waals surface area contributed by atoms with Crippen molar-refractivity contribution in [3.63, 3.8) is 0 Å². The maximum atomic E-state index is 13.5. The Balaban J connectivity index is 1.97. The summed E-state index contributed by atoms with van der Waals surface area (Å²) in [4.78, 5) is 28.1. The molecule has 2 aromatic rings. The number of carbonyl (C=O) groups is 2. The standard InChI is InChI=1S/C22H23Cl2FN2O2S/c1-12(2)13(3)26-20(28)19-11-30-22(14-4-7-16(25)8-5-14)27(19)21(29)17-9-6-15(23)10-18(17)24/h4-10,12-13,19,22H,11H2,1-3H3,(H,26,28). The third-order valence-electron chi connectivity index (χ3n) is 5.22. The van der Waals surface area contributed by atoms with E-state index in [0.29, 0.717) is 10.8 Å². The molecule has 0 spiro atoms. The fourth-order valence-electron chi connectivity index (χ4n) is 3.13. The van der Waals surface area contributed by atoms with E-state index in [4.69, 9.17) is 23.2 Å². The molecule has 0 bridgehead atoms. The molecule has 3 atom stereocenters. The lowest BCUT2D eigenvalue weighted by Crippen LogP contribution is -2.50. The van der Waals surface area contributed by atoms with Crippen molar-refractivity contribution >= 4 is 46.8 Å². The second-order valence-corrected chi connectivity index (χ2v) is 9.59. The van der Waals surface area contributed by atoms with E-state index in [1.165, 1.54) is 34.9 Å². The number of hydrogen-bond acceptors (Lipinski definition) is 3. The highest BCUT2D eigenvalue weighted by molar-refractivity contribution is 7.99. The van der Waals surface area contributed by atoms with Gasteiger partial charge in [-0.2, -0.15) is 0 Å². The minimum Gasteiger partial charge on any atom is -0.352 e. The van der Waals surface area contributed by atoms with Crippen LogP contribution in [-0.4, -0.2) is 34.6 Å². The number of nitrogens with zero attached hydrogens (tertiary/aromatic N) is 1. The number of thioether (sulfide) groups is 1. The number of halogens is 3. The van der Waals surface area contributed by atoms with Gasteiger partial charge in [-0.25, -0.2) is 4.39 Å². The molecule has 2 amide bonds. The van der Waals surface area contributed by atoms with E-state index in [-0.39, 0.29) is 40.2 Å². The first-order valence-electron chi connectivity index (χ1n) is 9.64. The topological polar surface area (TPSA) is 49.4 Å². The monoisotopic (exact) mass is 468 g/mol. The molecule has 3 rings (SSSR count). The molecule has 0 aromatic heterocycles. The fourth-order valence-corrected chi connectivity index (χ4v) is 5.05. The van der Waals surface area contributed by atoms with Gasteiger partial charge < -0.3 is 10.2 Å². The summed E-state index contributed by atoms with van der Waals surface area (Å²) in [5, 5.41) is 3.21. The zero-order valence-electron chi connectivity index (χ0n) is 16.9. The molecule has 3 unspecified atom stereocenters. The van der Waals surface area contributed by atoms with Gasteiger partial charge in [0, 0.05) is 16.8 Å². The van der Waals surface area contributed by atoms with Crippen LogP contribution in [0, 0.1) is 11.7 Å². The van der Waals surface area contributed by atoms with Gasteiger partial charge in [-0.05, 0) is 48.7 Å². The van der Waals surface area contributed by atoms with Crippen LogP contribution in [0.5, 0.6) is 0 Å². The maximum Gasteiger partial charge on any atom is 0.257 e. The summed E-state index contributed by atoms with van der Waals surface area (Å²) in [5.74, 6) is -0.262. The lowest BCUT2D eigenvalue weighted by molar-refractivity contribution is -0.125. The Morgan fingerprint density at radius 1 is 1.13 bits per heavy atom. The van der Waals surface area contributed by atoms with Crippen LogP contribution in [-0.2, 0) is 4.79 Å². The van der Waals surface area contributed by atoms with Gasteiger partial charge in [-0.15, -0.1) is 11.8 Å². The van der Waals surface area contributed by atoms with Gasteiger partial charge in [0.1, 0.15) is 17.2 Å². The highest BCUT2D eigenvalue weighted by Gasteiger charge is 2.43. The van der Waals surface area contributed by atoms with Gasteiger partial charge in [0.15, 0.2) is 0 Å². The Morgan fingerprint density at radius 3 is 2.40 bits per heavy atom. The first-order valence-corrected chi connectivity index (χ1v) is 11.4. The molecule has 1 aliphatic heterocycles. The second kappa shape index (κ2) is 9.58. The highest BCUT2D eigenvalue weighted by Crippen LogP contribution is 2.43. The summed E-state index contributed by atoms with van der Waals surface area (Å²) in [6.45, 7) is 5.97. The van der Waals surface area contributed by atoms with Crippen LogP contribution in [0.3, 0.4) is 0 Å². The molecular formula is C22H23Cl2FN2O2S. The normalized spacial score (nSPS) is 19.8. The molecule has 0 aliphatic carbocycles. The zero-order chi connectivity index (χ0) is 22.0. The van der Waals surface area contributed by atoms with Crippen LogP contribution >= 0.6 is 35.0 Å². The Morgan fingerprint density at radius 2 is 1.80 bits per heavy atom. The lowest BCUT2D eigenvalue weighted by Gasteiger charge is -2.30. The zero-order valence-corrected chi connectivity index (χ0v) is 19.2. The van der Waals surface area contributed by atoms with Crippen molar-refractivity contribution in [3.8, 4) is 0 Å². The van der Waals surface area contributed by atoms with Gasteiger partial charge in [0.25, 0.3) is 5.91 Å². The minimum atomic E-state index is -0.675. The van der Waals surface area contributed by atoms with Gasteiger partial charge in [-0.3, -0.25) is 9.59 Å². The minimum absolute atomic E-state index is 0.0385. The highest BCUT2D eigenvalue weighted by atomic mass is 35.5. The molecule has 0 radical (unpaired) electrons. The van der Waals surface area contributed by atoms with Crippen molar-refractivity contribution in [1.82, 2.24) is 10.2 Å². The Hall–Kier alpha value is -1.76. The largest absolute Gasteiger partial charge is 0.352 e. The predicted molar refractivity (Wildman–Crippen MR) is 120 cm³/mol. The van der Waals surface area contributed by atoms with Crippen molar-refractivity contribution in [1.29, 1.82) is 0 Å². The van der Waals surface area contributed by atoms with E-state index in [2.05, 4.69) is 5.32 Å². The molecule has 30 heavy (non-hydrogen) atoms. The molecule has 2 aromatic carbocycles. The average molecular weight is 469 g/mol. The van der Waals surface area contributed by atoms with Gasteiger partial charge in [0.05, 0.1) is 10.6 Å². The number of benzene rings is 2. The first kappa shape index (κ1) is 22.9. The van der Waals surface area contributed by atoms with E-state index in [1.54, 1.807) is 24.3 Å². The van der Waals surface area contributed by atoms with Crippen LogP contribution in [0.15, 0.2) is 42.5 Å². The molecule has 1 N–H and O–H groups in total. The smallest absolute Gasteiger partial charge is 0.257 e. The van der Waals surface area contributed by atoms with Crippen LogP contribution in [0.2, 0.25) is 10.0 Å². The average Bonchev–Trinajstić information content (AvgIpc) is 3.13. The number of nitrogens with one attached hydrogen (secondary N) is 1. The summed E-state index contributed by atoms with van der Waals surface area (Å²) in [5.41, 5.74) is 1.01. The van der Waals surface area contributed by atoms with Crippen molar-refractivity contribution in [2.45, 2.75) is 38.2 Å². The molecular weight excluding hydrogens is 446 g/mol. The molecule has 8 heteroatoms. The lowest BCUT2D eigenvalue weighted by atomic mass is 10.1. The Kier molecular flexibility index (Phi) is 7.32. The summed E-state index contributed by atoms with van der Waals surface area (Å²) in [6.07, 6.45) is 0. The fraction of sp³-hybridized carbons (Fsp3) is 0.364. The number of carbonyl (C=O) groups excluding carboxylic acids is 2. The second-order valence-electron chi connectivity index (χ2n) is 7.63. The maximum absolute atomic E-state index is 13.5. The molecule has 1 fully saturated rings. The number of hydrogen-bond donors (Lipinski definition) is 1. The molecule has 0 saturated carbocycles. The molecule has 4 nitrogen and oxygen atoms in total. The third kappa shape index (κ3) is 4.93. The van der Waals surface area contributed by atoms with Crippen molar-refractivity contribution in [2.75, 3.05) is 5.75 Å². The molecule has 1 aliphatic rings. The predicted octanol–water partition coefficient (Wildman–Crippen LogP) is 5.55. The molecule has 1 heterocycles. The van der Waals surface area contributed by atoms with Gasteiger partial charge in [0.2, 0.25) is 5.91 Å². The van der Waals surface area contributed by atoms with Crippen LogP contribution in [0.25, 0.3) is 0 Å². The van der Waals surface area contributed by atoms with E-state index in [9.17, 15) is 14.0 Å². The van der Waals surface area contributed by atoms with Gasteiger partial charge >= 0.3 is 0 Å². The summed E-state index contributed by atoms with van der Waals surface area (Å²) in [6, 6.07) is 9.90. The Bertz CT molecular complexity index is 939. The van der Waals surface area contributed by atoms with E-state index < -0.39 is 11.4 Å². The van der Waals surface area contributed by atoms with Crippen molar-refractivity contribution in [2.24, 2.45) is 5.92 Å². The summed E-state index contributed by atoms with van der Waals surface area (Å²) in [7, 11) is 0. The van der Waals surface area contributed by atoms with Crippen molar-refractivity contribution < 1.29 is 14.0 Å². The van der Waals surface area contributed by atoms with E-state index in [1.807, 2.05) is 20.8 Å². The van der Waals surface area contributed by atoms with Crippen LogP contribution in [0.4, 0.5) is 4.39 Å². The molecule has 160 valence electrons. The SMILES string of the molecule is CC(C)C(C)NC(=O)C1CSC(c2ccc(F)cc2)N1C(=O)c1ccc(Cl)cc1Cl. The summed E-state index contributed by atoms with van der Waals surface area (Å²) < 4.78 is 13.4. The van der Waals surface area contributed by atoms with E-state index in [0.717, 1.165) is 5.56 Å². The van der Waals surface area contributed by atoms with Crippen LogP contribution in [0.1, 0.15) is 42.1 Å². The molecule has 1 saturated heterocycles.